The Bertz CT molecular complexity index is 414. The normalized spacial score (nSPS) is 15.8. The molecule has 1 saturated carbocycles. The Kier molecular flexibility index (Phi) is 4.82. The molecule has 1 aliphatic carbocycles. The summed E-state index contributed by atoms with van der Waals surface area (Å²) in [7, 11) is 0. The lowest BCUT2D eigenvalue weighted by atomic mass is 10.1. The average molecular weight is 235 g/mol. The van der Waals surface area contributed by atoms with E-state index in [0.717, 1.165) is 17.0 Å². The highest BCUT2D eigenvalue weighted by Crippen LogP contribution is 2.43. The summed E-state index contributed by atoms with van der Waals surface area (Å²) in [5.41, 5.74) is 13.7. The molecule has 1 fully saturated rings. The van der Waals surface area contributed by atoms with Crippen LogP contribution in [0.3, 0.4) is 0 Å². The zero-order chi connectivity index (χ0) is 12.8. The van der Waals surface area contributed by atoms with Crippen molar-refractivity contribution in [3.63, 3.8) is 0 Å². The molecule has 0 saturated heterocycles. The van der Waals surface area contributed by atoms with Gasteiger partial charge in [-0.2, -0.15) is 0 Å². The number of nitrogens with zero attached hydrogens (tertiary/aromatic N) is 1. The Balaban J connectivity index is 0.000000686. The summed E-state index contributed by atoms with van der Waals surface area (Å²) in [5, 5.41) is 3.96. The van der Waals surface area contributed by atoms with Gasteiger partial charge in [0.25, 0.3) is 0 Å². The third kappa shape index (κ3) is 3.12. The summed E-state index contributed by atoms with van der Waals surface area (Å²) in [6, 6.07) is 0. The number of rotatable bonds is 3. The van der Waals surface area contributed by atoms with Gasteiger partial charge in [-0.15, -0.1) is 0 Å². The lowest BCUT2D eigenvalue weighted by Crippen LogP contribution is -1.99. The van der Waals surface area contributed by atoms with E-state index in [1.54, 1.807) is 12.2 Å². The van der Waals surface area contributed by atoms with Crippen molar-refractivity contribution in [2.24, 2.45) is 11.5 Å². The maximum Gasteiger partial charge on any atom is 0.149 e. The van der Waals surface area contributed by atoms with E-state index in [0.29, 0.717) is 11.6 Å². The van der Waals surface area contributed by atoms with Crippen LogP contribution in [0.25, 0.3) is 5.70 Å². The molecule has 0 unspecified atom stereocenters. The second kappa shape index (κ2) is 6.13. The number of hydrogen-bond acceptors (Lipinski definition) is 4. The minimum atomic E-state index is 0.509. The van der Waals surface area contributed by atoms with E-state index in [1.165, 1.54) is 19.0 Å². The highest BCUT2D eigenvalue weighted by Gasteiger charge is 2.32. The van der Waals surface area contributed by atoms with Crippen LogP contribution in [0.2, 0.25) is 0 Å². The minimum absolute atomic E-state index is 0.509. The minimum Gasteiger partial charge on any atom is -0.405 e. The molecular weight excluding hydrogens is 214 g/mol. The van der Waals surface area contributed by atoms with Crippen LogP contribution in [0.4, 0.5) is 0 Å². The number of hydrogen-bond donors (Lipinski definition) is 2. The fraction of sp³-hybridized carbons (Fsp3) is 0.462. The summed E-state index contributed by atoms with van der Waals surface area (Å²) in [4.78, 5) is 0. The van der Waals surface area contributed by atoms with Gasteiger partial charge in [0.05, 0.1) is 11.3 Å². The lowest BCUT2D eigenvalue weighted by Gasteiger charge is -2.00. The van der Waals surface area contributed by atoms with Crippen molar-refractivity contribution in [3.8, 4) is 0 Å². The van der Waals surface area contributed by atoms with Crippen LogP contribution in [0.5, 0.6) is 0 Å². The number of aryl methyl sites for hydroxylation is 1. The summed E-state index contributed by atoms with van der Waals surface area (Å²) < 4.78 is 5.29. The molecule has 4 N–H and O–H groups in total. The summed E-state index contributed by atoms with van der Waals surface area (Å²) >= 11 is 0. The van der Waals surface area contributed by atoms with Gasteiger partial charge in [0, 0.05) is 11.6 Å². The molecule has 1 heterocycles. The summed E-state index contributed by atoms with van der Waals surface area (Å²) in [6.07, 6.45) is 7.26. The van der Waals surface area contributed by atoms with Crippen LogP contribution in [0.1, 0.15) is 49.6 Å². The van der Waals surface area contributed by atoms with Gasteiger partial charge in [-0.25, -0.2) is 0 Å². The van der Waals surface area contributed by atoms with Gasteiger partial charge in [-0.3, -0.25) is 0 Å². The van der Waals surface area contributed by atoms with E-state index in [9.17, 15) is 0 Å². The molecular formula is C13H21N3O. The Labute approximate surface area is 102 Å². The topological polar surface area (TPSA) is 78.1 Å². The largest absolute Gasteiger partial charge is 0.405 e. The summed E-state index contributed by atoms with van der Waals surface area (Å²) in [5.74, 6) is 1.43. The molecule has 0 aromatic carbocycles. The van der Waals surface area contributed by atoms with Gasteiger partial charge < -0.3 is 16.0 Å². The van der Waals surface area contributed by atoms with Gasteiger partial charge in [-0.1, -0.05) is 19.0 Å². The third-order valence-electron chi connectivity index (χ3n) is 2.51. The zero-order valence-electron chi connectivity index (χ0n) is 10.7. The van der Waals surface area contributed by atoms with Crippen molar-refractivity contribution in [1.29, 1.82) is 0 Å². The van der Waals surface area contributed by atoms with Crippen molar-refractivity contribution < 1.29 is 4.52 Å². The first-order chi connectivity index (χ1) is 8.24. The SMILES string of the molecule is CC.Cc1noc(C2CC2)c1/C(N)=C/C=C\N. The van der Waals surface area contributed by atoms with E-state index >= 15 is 0 Å². The molecule has 17 heavy (non-hydrogen) atoms. The van der Waals surface area contributed by atoms with E-state index in [4.69, 9.17) is 16.0 Å². The number of nitrogens with two attached hydrogens (primary N) is 2. The first-order valence-corrected chi connectivity index (χ1v) is 6.04. The molecule has 0 radical (unpaired) electrons. The number of allylic oxidation sites excluding steroid dienone is 2. The van der Waals surface area contributed by atoms with Crippen molar-refractivity contribution in [3.05, 3.63) is 35.4 Å². The highest BCUT2D eigenvalue weighted by atomic mass is 16.5. The van der Waals surface area contributed by atoms with E-state index in [1.807, 2.05) is 20.8 Å². The van der Waals surface area contributed by atoms with Crippen LogP contribution in [-0.2, 0) is 0 Å². The maximum absolute atomic E-state index is 5.95. The molecule has 1 aromatic heterocycles. The van der Waals surface area contributed by atoms with Crippen LogP contribution in [-0.4, -0.2) is 5.16 Å². The van der Waals surface area contributed by atoms with Gasteiger partial charge in [0.15, 0.2) is 0 Å². The second-order valence-electron chi connectivity index (χ2n) is 3.79. The maximum atomic E-state index is 5.95. The Hall–Kier alpha value is -1.71. The molecule has 0 bridgehead atoms. The monoisotopic (exact) mass is 235 g/mol. The molecule has 4 nitrogen and oxygen atoms in total. The van der Waals surface area contributed by atoms with Crippen molar-refractivity contribution in [2.45, 2.75) is 39.5 Å². The Morgan fingerprint density at radius 3 is 2.59 bits per heavy atom. The molecule has 0 aliphatic heterocycles. The van der Waals surface area contributed by atoms with Gasteiger partial charge in [-0.05, 0) is 38.1 Å². The molecule has 1 aromatic rings. The fourth-order valence-electron chi connectivity index (χ4n) is 1.61. The van der Waals surface area contributed by atoms with Crippen LogP contribution in [0, 0.1) is 6.92 Å². The predicted octanol–water partition coefficient (Wildman–Crippen LogP) is 2.66. The van der Waals surface area contributed by atoms with Gasteiger partial charge >= 0.3 is 0 Å². The smallest absolute Gasteiger partial charge is 0.149 e. The van der Waals surface area contributed by atoms with Crippen LogP contribution >= 0.6 is 0 Å². The van der Waals surface area contributed by atoms with Gasteiger partial charge in [0.1, 0.15) is 5.76 Å². The van der Waals surface area contributed by atoms with Crippen LogP contribution in [0.15, 0.2) is 22.9 Å². The van der Waals surface area contributed by atoms with E-state index in [2.05, 4.69) is 5.16 Å². The third-order valence-corrected chi connectivity index (χ3v) is 2.51. The Morgan fingerprint density at radius 2 is 2.06 bits per heavy atom. The first kappa shape index (κ1) is 13.4. The van der Waals surface area contributed by atoms with Crippen molar-refractivity contribution in [1.82, 2.24) is 5.16 Å². The molecule has 0 spiro atoms. The van der Waals surface area contributed by atoms with Crippen molar-refractivity contribution >= 4 is 5.70 Å². The molecule has 2 rings (SSSR count). The molecule has 94 valence electrons. The molecule has 0 atom stereocenters. The zero-order valence-corrected chi connectivity index (χ0v) is 10.7. The highest BCUT2D eigenvalue weighted by molar-refractivity contribution is 5.68. The van der Waals surface area contributed by atoms with E-state index < -0.39 is 0 Å². The van der Waals surface area contributed by atoms with E-state index in [-0.39, 0.29) is 0 Å². The first-order valence-electron chi connectivity index (χ1n) is 6.04. The van der Waals surface area contributed by atoms with Crippen LogP contribution < -0.4 is 11.5 Å². The quantitative estimate of drug-likeness (QED) is 0.789. The Morgan fingerprint density at radius 1 is 1.41 bits per heavy atom. The van der Waals surface area contributed by atoms with Crippen molar-refractivity contribution in [2.75, 3.05) is 0 Å². The summed E-state index contributed by atoms with van der Waals surface area (Å²) in [6.45, 7) is 5.90. The second-order valence-corrected chi connectivity index (χ2v) is 3.79. The molecule has 1 aliphatic rings. The fourth-order valence-corrected chi connectivity index (χ4v) is 1.61. The lowest BCUT2D eigenvalue weighted by molar-refractivity contribution is 0.380. The average Bonchev–Trinajstić information content (AvgIpc) is 3.12. The number of aromatic nitrogens is 1. The predicted molar refractivity (Wildman–Crippen MR) is 70.1 cm³/mol. The molecule has 0 amide bonds. The van der Waals surface area contributed by atoms with Gasteiger partial charge in [0.2, 0.25) is 0 Å². The standard InChI is InChI=1S/C11H15N3O.C2H6/c1-7-10(9(13)3-2-6-12)11(15-14-7)8-4-5-8;1-2/h2-3,6,8H,4-5,12-13H2,1H3;1-2H3/b6-2-,9-3-;. The molecule has 4 heteroatoms.